The van der Waals surface area contributed by atoms with E-state index >= 15 is 0 Å². The molecule has 0 aliphatic rings. The fourth-order valence-electron chi connectivity index (χ4n) is 6.37. The highest BCUT2D eigenvalue weighted by Crippen LogP contribution is 2.42. The highest BCUT2D eigenvalue weighted by Gasteiger charge is 2.20. The van der Waals surface area contributed by atoms with Crippen molar-refractivity contribution in [3.63, 3.8) is 0 Å². The average Bonchev–Trinajstić information content (AvgIpc) is 3.57. The maximum atomic E-state index is 7.83. The molecule has 2 aromatic heterocycles. The van der Waals surface area contributed by atoms with Gasteiger partial charge in [-0.05, 0) is 47.9 Å². The lowest BCUT2D eigenvalue weighted by molar-refractivity contribution is 1.16. The van der Waals surface area contributed by atoms with Crippen molar-refractivity contribution in [3.05, 3.63) is 156 Å². The number of benzene rings is 6. The molecule has 0 atom stereocenters. The third-order valence-corrected chi connectivity index (χ3v) is 8.15. The van der Waals surface area contributed by atoms with Gasteiger partial charge < -0.3 is 9.13 Å². The van der Waals surface area contributed by atoms with Gasteiger partial charge in [0.15, 0.2) is 11.4 Å². The fourth-order valence-corrected chi connectivity index (χ4v) is 6.37. The van der Waals surface area contributed by atoms with Gasteiger partial charge in [-0.25, -0.2) is 9.69 Å². The van der Waals surface area contributed by atoms with Gasteiger partial charge in [-0.2, -0.15) is 0 Å². The molecule has 0 aliphatic carbocycles. The van der Waals surface area contributed by atoms with Crippen LogP contribution < -0.4 is 0 Å². The van der Waals surface area contributed by atoms with Crippen LogP contribution in [0, 0.1) is 13.1 Å². The van der Waals surface area contributed by atoms with Gasteiger partial charge in [0.05, 0.1) is 40.9 Å². The van der Waals surface area contributed by atoms with Gasteiger partial charge in [-0.15, -0.1) is 0 Å². The molecule has 0 radical (unpaired) electrons. The summed E-state index contributed by atoms with van der Waals surface area (Å²) < 4.78 is 4.59. The second-order valence-corrected chi connectivity index (χ2v) is 10.4. The lowest BCUT2D eigenvalue weighted by Crippen LogP contribution is -2.01. The first-order chi connectivity index (χ1) is 20.8. The molecule has 0 spiro atoms. The molecular formula is C38H22N4. The molecule has 0 saturated heterocycles. The zero-order valence-electron chi connectivity index (χ0n) is 22.5. The highest BCUT2D eigenvalue weighted by atomic mass is 15.0. The summed E-state index contributed by atoms with van der Waals surface area (Å²) in [5.41, 5.74) is 9.65. The smallest absolute Gasteiger partial charge is 0.189 e. The normalized spacial score (nSPS) is 11.3. The molecule has 0 saturated carbocycles. The minimum atomic E-state index is 0.594. The van der Waals surface area contributed by atoms with E-state index in [-0.39, 0.29) is 0 Å². The minimum Gasteiger partial charge on any atom is -0.310 e. The Morgan fingerprint density at radius 1 is 0.381 bits per heavy atom. The first kappa shape index (κ1) is 23.8. The van der Waals surface area contributed by atoms with Crippen LogP contribution in [0.25, 0.3) is 75.8 Å². The Hall–Kier alpha value is -6.10. The Kier molecular flexibility index (Phi) is 5.22. The first-order valence-electron chi connectivity index (χ1n) is 13.8. The predicted molar refractivity (Wildman–Crippen MR) is 173 cm³/mol. The van der Waals surface area contributed by atoms with Crippen LogP contribution in [0.2, 0.25) is 0 Å². The van der Waals surface area contributed by atoms with E-state index in [1.54, 1.807) is 0 Å². The van der Waals surface area contributed by atoms with Crippen molar-refractivity contribution >= 4 is 55.0 Å². The minimum absolute atomic E-state index is 0.594. The standard InChI is InChI=1S/C38H22N4/c1-39-25-20-22-37-32(23-25)30-14-6-10-18-36(30)41(37)33-15-7-5-13-29(33)31-21-19-26(40-2)24-38(31)42-34-16-8-3-11-27(34)28-12-4-9-17-35(28)42/h3-24H. The molecular weight excluding hydrogens is 512 g/mol. The summed E-state index contributed by atoms with van der Waals surface area (Å²) in [6.07, 6.45) is 0. The van der Waals surface area contributed by atoms with Crippen LogP contribution in [0.1, 0.15) is 0 Å². The lowest BCUT2D eigenvalue weighted by Gasteiger charge is -2.19. The summed E-state index contributed by atoms with van der Waals surface area (Å²) in [4.78, 5) is 7.51. The zero-order chi connectivity index (χ0) is 28.2. The molecule has 4 nitrogen and oxygen atoms in total. The van der Waals surface area contributed by atoms with Crippen LogP contribution in [0.15, 0.2) is 133 Å². The van der Waals surface area contributed by atoms with Gasteiger partial charge in [0, 0.05) is 33.0 Å². The number of fused-ring (bicyclic) bond motifs is 6. The van der Waals surface area contributed by atoms with Crippen molar-refractivity contribution < 1.29 is 0 Å². The topological polar surface area (TPSA) is 18.6 Å². The first-order valence-corrected chi connectivity index (χ1v) is 13.8. The predicted octanol–water partition coefficient (Wildman–Crippen LogP) is 10.6. The SMILES string of the molecule is [C-]#[N+]c1ccc(-c2ccccc2-n2c3ccccc3c3cc([N+]#[C-])ccc32)c(-n2c3ccccc3c3ccccc32)c1. The van der Waals surface area contributed by atoms with Gasteiger partial charge in [0.1, 0.15) is 0 Å². The number of nitrogens with zero attached hydrogens (tertiary/aromatic N) is 4. The number of para-hydroxylation sites is 4. The summed E-state index contributed by atoms with van der Waals surface area (Å²) in [6, 6.07) is 45.7. The third-order valence-electron chi connectivity index (χ3n) is 8.15. The Morgan fingerprint density at radius 2 is 0.833 bits per heavy atom. The van der Waals surface area contributed by atoms with Crippen LogP contribution in [-0.4, -0.2) is 9.13 Å². The lowest BCUT2D eigenvalue weighted by atomic mass is 10.00. The summed E-state index contributed by atoms with van der Waals surface area (Å²) in [6.45, 7) is 15.4. The number of aromatic nitrogens is 2. The summed E-state index contributed by atoms with van der Waals surface area (Å²) >= 11 is 0. The van der Waals surface area contributed by atoms with Crippen molar-refractivity contribution in [2.45, 2.75) is 0 Å². The monoisotopic (exact) mass is 534 g/mol. The maximum absolute atomic E-state index is 7.83. The second kappa shape index (κ2) is 9.24. The fraction of sp³-hybridized carbons (Fsp3) is 0. The molecule has 0 fully saturated rings. The van der Waals surface area contributed by atoms with E-state index in [0.29, 0.717) is 11.4 Å². The molecule has 0 unspecified atom stereocenters. The quantitative estimate of drug-likeness (QED) is 0.201. The van der Waals surface area contributed by atoms with E-state index in [1.165, 1.54) is 10.8 Å². The second-order valence-electron chi connectivity index (χ2n) is 10.4. The molecule has 0 bridgehead atoms. The number of rotatable bonds is 3. The molecule has 0 aliphatic heterocycles. The summed E-state index contributed by atoms with van der Waals surface area (Å²) in [5, 5.41) is 4.52. The zero-order valence-corrected chi connectivity index (χ0v) is 22.5. The van der Waals surface area contributed by atoms with E-state index in [1.807, 2.05) is 30.3 Å². The Balaban J connectivity index is 1.48. The van der Waals surface area contributed by atoms with Crippen molar-refractivity contribution in [2.75, 3.05) is 0 Å². The van der Waals surface area contributed by atoms with Crippen LogP contribution in [0.3, 0.4) is 0 Å². The van der Waals surface area contributed by atoms with Gasteiger partial charge in [0.2, 0.25) is 0 Å². The Morgan fingerprint density at radius 3 is 1.48 bits per heavy atom. The van der Waals surface area contributed by atoms with Crippen LogP contribution >= 0.6 is 0 Å². The number of hydrogen-bond acceptors (Lipinski definition) is 0. The third kappa shape index (κ3) is 3.40. The molecule has 8 rings (SSSR count). The Bertz CT molecular complexity index is 2390. The molecule has 194 valence electrons. The molecule has 42 heavy (non-hydrogen) atoms. The van der Waals surface area contributed by atoms with Gasteiger partial charge in [-0.1, -0.05) is 91.0 Å². The molecule has 6 aromatic carbocycles. The largest absolute Gasteiger partial charge is 0.310 e. The van der Waals surface area contributed by atoms with Gasteiger partial charge >= 0.3 is 0 Å². The van der Waals surface area contributed by atoms with Gasteiger partial charge in [0.25, 0.3) is 0 Å². The van der Waals surface area contributed by atoms with Crippen molar-refractivity contribution in [1.29, 1.82) is 0 Å². The summed E-state index contributed by atoms with van der Waals surface area (Å²) in [5.74, 6) is 0. The maximum Gasteiger partial charge on any atom is 0.189 e. The molecule has 0 amide bonds. The van der Waals surface area contributed by atoms with Gasteiger partial charge in [-0.3, -0.25) is 0 Å². The van der Waals surface area contributed by atoms with Crippen LogP contribution in [0.5, 0.6) is 0 Å². The van der Waals surface area contributed by atoms with Crippen molar-refractivity contribution in [2.24, 2.45) is 0 Å². The van der Waals surface area contributed by atoms with E-state index in [0.717, 1.165) is 55.3 Å². The van der Waals surface area contributed by atoms with E-state index in [2.05, 4.69) is 122 Å². The Labute approximate surface area is 242 Å². The molecule has 2 heterocycles. The van der Waals surface area contributed by atoms with Crippen molar-refractivity contribution in [1.82, 2.24) is 9.13 Å². The van der Waals surface area contributed by atoms with Crippen LogP contribution in [-0.2, 0) is 0 Å². The van der Waals surface area contributed by atoms with E-state index < -0.39 is 0 Å². The van der Waals surface area contributed by atoms with E-state index in [4.69, 9.17) is 13.1 Å². The highest BCUT2D eigenvalue weighted by molar-refractivity contribution is 6.12. The molecule has 8 aromatic rings. The average molecular weight is 535 g/mol. The summed E-state index contributed by atoms with van der Waals surface area (Å²) in [7, 11) is 0. The molecule has 0 N–H and O–H groups in total. The molecule has 4 heteroatoms. The van der Waals surface area contributed by atoms with E-state index in [9.17, 15) is 0 Å². The van der Waals surface area contributed by atoms with Crippen molar-refractivity contribution in [3.8, 4) is 22.5 Å². The van der Waals surface area contributed by atoms with Crippen LogP contribution in [0.4, 0.5) is 11.4 Å². The number of hydrogen-bond donors (Lipinski definition) is 0.